The van der Waals surface area contributed by atoms with Crippen LogP contribution in [0.3, 0.4) is 0 Å². The smallest absolute Gasteiger partial charge is 0.303 e. The van der Waals surface area contributed by atoms with Crippen molar-refractivity contribution in [3.63, 3.8) is 0 Å². The molecule has 9 heteroatoms. The normalized spacial score (nSPS) is 18.4. The van der Waals surface area contributed by atoms with Crippen molar-refractivity contribution < 1.29 is 19.7 Å². The minimum Gasteiger partial charge on any atom is -0.497 e. The fraction of sp³-hybridized carbons (Fsp3) is 0.400. The van der Waals surface area contributed by atoms with Gasteiger partial charge in [-0.15, -0.1) is 0 Å². The van der Waals surface area contributed by atoms with Crippen LogP contribution in [0.25, 0.3) is 10.9 Å². The van der Waals surface area contributed by atoms with Gasteiger partial charge in [-0.1, -0.05) is 46.6 Å². The molecule has 3 atom stereocenters. The molecule has 3 aromatic rings. The second-order valence-electron chi connectivity index (χ2n) is 9.90. The highest BCUT2D eigenvalue weighted by molar-refractivity contribution is 6.39. The number of halogens is 3. The first-order chi connectivity index (χ1) is 18.7. The van der Waals surface area contributed by atoms with E-state index in [0.29, 0.717) is 51.7 Å². The van der Waals surface area contributed by atoms with Crippen molar-refractivity contribution in [2.24, 2.45) is 11.8 Å². The molecule has 206 valence electrons. The number of hydrogen-bond acceptors (Lipinski definition) is 5. The number of hydrogen-bond donors (Lipinski definition) is 2. The number of pyridine rings is 1. The molecular formula is C30H31Cl3N2O4. The maximum Gasteiger partial charge on any atom is 0.303 e. The topological polar surface area (TPSA) is 82.9 Å². The Morgan fingerprint density at radius 2 is 1.92 bits per heavy atom. The number of carbonyl (C=O) groups is 1. The Balaban J connectivity index is 1.41. The molecule has 1 saturated heterocycles. The monoisotopic (exact) mass is 588 g/mol. The number of aliphatic carboxylic acids is 1. The standard InChI is InChI=1S/C30H31Cl3N2O4/c1-39-22-6-7-28-25(17-22)23(10-12-34-28)29(36)8-4-19-11-14-35(18-20(19)5-9-30(37)38)13-2-3-24-26(32)15-21(31)16-27(24)33/h6-7,10,12,15-17,19-20,29,36H,4-5,8-9,11,13-14,18H2,1H3,(H,37,38)/t19-,20-,29-/m1/s1. The van der Waals surface area contributed by atoms with Crippen LogP contribution < -0.4 is 4.74 Å². The van der Waals surface area contributed by atoms with E-state index in [2.05, 4.69) is 21.7 Å². The molecule has 2 heterocycles. The van der Waals surface area contributed by atoms with Gasteiger partial charge in [-0.2, -0.15) is 0 Å². The number of likely N-dealkylation sites (tertiary alicyclic amines) is 1. The number of rotatable bonds is 9. The molecule has 1 aromatic heterocycles. The number of nitrogens with zero attached hydrogens (tertiary/aromatic N) is 2. The lowest BCUT2D eigenvalue weighted by Gasteiger charge is -2.38. The van der Waals surface area contributed by atoms with Crippen LogP contribution in [-0.4, -0.2) is 52.8 Å². The molecule has 1 fully saturated rings. The first kappa shape index (κ1) is 29.5. The second kappa shape index (κ2) is 13.7. The van der Waals surface area contributed by atoms with Crippen LogP contribution in [0, 0.1) is 23.7 Å². The van der Waals surface area contributed by atoms with E-state index in [9.17, 15) is 15.0 Å². The second-order valence-corrected chi connectivity index (χ2v) is 11.1. The number of piperidine rings is 1. The van der Waals surface area contributed by atoms with E-state index >= 15 is 0 Å². The summed E-state index contributed by atoms with van der Waals surface area (Å²) < 4.78 is 5.36. The Morgan fingerprint density at radius 1 is 1.15 bits per heavy atom. The summed E-state index contributed by atoms with van der Waals surface area (Å²) in [5.41, 5.74) is 2.19. The summed E-state index contributed by atoms with van der Waals surface area (Å²) in [5, 5.41) is 22.6. The van der Waals surface area contributed by atoms with Gasteiger partial charge in [0.05, 0.1) is 40.9 Å². The third kappa shape index (κ3) is 7.78. The predicted octanol–water partition coefficient (Wildman–Crippen LogP) is 6.87. The average molecular weight is 590 g/mol. The zero-order chi connectivity index (χ0) is 27.9. The third-order valence-corrected chi connectivity index (χ3v) is 8.19. The van der Waals surface area contributed by atoms with Crippen molar-refractivity contribution in [1.29, 1.82) is 0 Å². The van der Waals surface area contributed by atoms with Crippen molar-refractivity contribution >= 4 is 51.7 Å². The predicted molar refractivity (Wildman–Crippen MR) is 156 cm³/mol. The van der Waals surface area contributed by atoms with Crippen LogP contribution in [0.5, 0.6) is 5.75 Å². The van der Waals surface area contributed by atoms with Gasteiger partial charge >= 0.3 is 5.97 Å². The summed E-state index contributed by atoms with van der Waals surface area (Å²) in [7, 11) is 1.62. The van der Waals surface area contributed by atoms with Crippen LogP contribution >= 0.6 is 34.8 Å². The van der Waals surface area contributed by atoms with Gasteiger partial charge in [0, 0.05) is 29.6 Å². The molecule has 0 radical (unpaired) electrons. The van der Waals surface area contributed by atoms with Crippen LogP contribution in [0.1, 0.15) is 49.3 Å². The molecule has 6 nitrogen and oxygen atoms in total. The number of benzene rings is 2. The van der Waals surface area contributed by atoms with Gasteiger partial charge in [0.25, 0.3) is 0 Å². The maximum absolute atomic E-state index is 11.3. The van der Waals surface area contributed by atoms with Gasteiger partial charge in [-0.3, -0.25) is 14.7 Å². The Morgan fingerprint density at radius 3 is 2.64 bits per heavy atom. The molecule has 0 saturated carbocycles. The van der Waals surface area contributed by atoms with Crippen molar-refractivity contribution in [1.82, 2.24) is 9.88 Å². The minimum absolute atomic E-state index is 0.119. The number of ether oxygens (including phenoxy) is 1. The van der Waals surface area contributed by atoms with E-state index in [1.54, 1.807) is 25.4 Å². The van der Waals surface area contributed by atoms with Crippen LogP contribution in [-0.2, 0) is 4.79 Å². The fourth-order valence-corrected chi connectivity index (χ4v) is 6.22. The molecule has 0 bridgehead atoms. The Hall–Kier alpha value is -2.53. The van der Waals surface area contributed by atoms with Gasteiger partial charge in [0.1, 0.15) is 5.75 Å². The summed E-state index contributed by atoms with van der Waals surface area (Å²) >= 11 is 18.5. The van der Waals surface area contributed by atoms with Gasteiger partial charge in [0.2, 0.25) is 0 Å². The molecule has 0 unspecified atom stereocenters. The lowest BCUT2D eigenvalue weighted by molar-refractivity contribution is -0.137. The van der Waals surface area contributed by atoms with E-state index < -0.39 is 12.1 Å². The SMILES string of the molecule is COc1ccc2nccc([C@H](O)CC[C@@H]3CCN(CC#Cc4c(Cl)cc(Cl)cc4Cl)C[C@H]3CCC(=O)O)c2c1. The van der Waals surface area contributed by atoms with E-state index in [-0.39, 0.29) is 12.3 Å². The minimum atomic E-state index is -0.796. The molecule has 1 aliphatic heterocycles. The quantitative estimate of drug-likeness (QED) is 0.265. The number of aliphatic hydroxyl groups is 1. The van der Waals surface area contributed by atoms with Crippen molar-refractivity contribution in [2.45, 2.75) is 38.2 Å². The van der Waals surface area contributed by atoms with Crippen molar-refractivity contribution in [2.75, 3.05) is 26.7 Å². The zero-order valence-corrected chi connectivity index (χ0v) is 23.9. The summed E-state index contributed by atoms with van der Waals surface area (Å²) in [6, 6.07) is 10.7. The lowest BCUT2D eigenvalue weighted by atomic mass is 9.79. The fourth-order valence-electron chi connectivity index (χ4n) is 5.31. The van der Waals surface area contributed by atoms with Crippen LogP contribution in [0.4, 0.5) is 0 Å². The van der Waals surface area contributed by atoms with E-state index in [1.807, 2.05) is 24.3 Å². The number of methoxy groups -OCH3 is 1. The largest absolute Gasteiger partial charge is 0.497 e. The summed E-state index contributed by atoms with van der Waals surface area (Å²) in [5.74, 6) is 6.65. The van der Waals surface area contributed by atoms with Crippen molar-refractivity contribution in [3.05, 3.63) is 68.8 Å². The number of fused-ring (bicyclic) bond motifs is 1. The van der Waals surface area contributed by atoms with Gasteiger partial charge in [-0.25, -0.2) is 0 Å². The number of aromatic nitrogens is 1. The molecule has 4 rings (SSSR count). The van der Waals surface area contributed by atoms with Crippen molar-refractivity contribution in [3.8, 4) is 17.6 Å². The Labute approximate surface area is 243 Å². The number of aliphatic hydroxyl groups excluding tert-OH is 1. The Kier molecular flexibility index (Phi) is 10.3. The molecular weight excluding hydrogens is 559 g/mol. The molecule has 2 aromatic carbocycles. The number of carboxylic acid groups (broad SMARTS) is 1. The van der Waals surface area contributed by atoms with Gasteiger partial charge < -0.3 is 14.9 Å². The first-order valence-corrected chi connectivity index (χ1v) is 14.1. The Bertz CT molecular complexity index is 1360. The molecule has 1 aliphatic rings. The molecule has 0 aliphatic carbocycles. The van der Waals surface area contributed by atoms with Crippen LogP contribution in [0.2, 0.25) is 15.1 Å². The van der Waals surface area contributed by atoms with E-state index in [0.717, 1.165) is 42.4 Å². The number of carboxylic acids is 1. The zero-order valence-electron chi connectivity index (χ0n) is 21.7. The summed E-state index contributed by atoms with van der Waals surface area (Å²) in [6.07, 6.45) is 4.06. The highest BCUT2D eigenvalue weighted by atomic mass is 35.5. The van der Waals surface area contributed by atoms with Crippen LogP contribution in [0.15, 0.2) is 42.6 Å². The van der Waals surface area contributed by atoms with E-state index in [4.69, 9.17) is 39.5 Å². The molecule has 2 N–H and O–H groups in total. The lowest BCUT2D eigenvalue weighted by Crippen LogP contribution is -2.41. The average Bonchev–Trinajstić information content (AvgIpc) is 2.91. The molecule has 39 heavy (non-hydrogen) atoms. The van der Waals surface area contributed by atoms with Gasteiger partial charge in [-0.05, 0) is 86.0 Å². The first-order valence-electron chi connectivity index (χ1n) is 12.9. The highest BCUT2D eigenvalue weighted by Crippen LogP contribution is 2.35. The third-order valence-electron chi connectivity index (χ3n) is 7.38. The summed E-state index contributed by atoms with van der Waals surface area (Å²) in [6.45, 7) is 2.12. The summed E-state index contributed by atoms with van der Waals surface area (Å²) in [4.78, 5) is 18.0. The maximum atomic E-state index is 11.3. The molecule has 0 amide bonds. The highest BCUT2D eigenvalue weighted by Gasteiger charge is 2.30. The molecule has 0 spiro atoms. The van der Waals surface area contributed by atoms with E-state index in [1.165, 1.54) is 0 Å². The van der Waals surface area contributed by atoms with Gasteiger partial charge in [0.15, 0.2) is 0 Å².